The molecule has 0 saturated carbocycles. The van der Waals surface area contributed by atoms with Crippen LogP contribution >= 0.6 is 0 Å². The highest BCUT2D eigenvalue weighted by atomic mass is 19.4. The predicted octanol–water partition coefficient (Wildman–Crippen LogP) is 1.69. The summed E-state index contributed by atoms with van der Waals surface area (Å²) in [7, 11) is 0. The number of halogens is 3. The van der Waals surface area contributed by atoms with Crippen molar-refractivity contribution in [3.63, 3.8) is 0 Å². The fraction of sp³-hybridized carbons (Fsp3) is 0.636. The van der Waals surface area contributed by atoms with Gasteiger partial charge in [0.15, 0.2) is 0 Å². The number of carbonyl (C=O) groups is 1. The van der Waals surface area contributed by atoms with Crippen LogP contribution in [-0.2, 0) is 4.79 Å². The van der Waals surface area contributed by atoms with Crippen molar-refractivity contribution in [2.45, 2.75) is 32.0 Å². The third kappa shape index (κ3) is 3.75. The largest absolute Gasteiger partial charge is 0.415 e. The fourth-order valence-corrected chi connectivity index (χ4v) is 1.82. The van der Waals surface area contributed by atoms with Gasteiger partial charge in [0.1, 0.15) is 5.82 Å². The van der Waals surface area contributed by atoms with Crippen LogP contribution in [0.25, 0.3) is 0 Å². The second-order valence-corrected chi connectivity index (χ2v) is 4.21. The van der Waals surface area contributed by atoms with Gasteiger partial charge in [0.05, 0.1) is 5.57 Å². The number of alkyl halides is 3. The summed E-state index contributed by atoms with van der Waals surface area (Å²) in [6, 6.07) is -0.221. The van der Waals surface area contributed by atoms with Crippen molar-refractivity contribution in [2.24, 2.45) is 4.99 Å². The molecule has 18 heavy (non-hydrogen) atoms. The number of nitrogens with one attached hydrogen (secondary N) is 1. The van der Waals surface area contributed by atoms with Crippen molar-refractivity contribution < 1.29 is 18.0 Å². The summed E-state index contributed by atoms with van der Waals surface area (Å²) in [5.74, 6) is -0.264. The first kappa shape index (κ1) is 14.5. The molecular weight excluding hydrogens is 247 g/mol. The van der Waals surface area contributed by atoms with Crippen molar-refractivity contribution in [1.29, 1.82) is 0 Å². The van der Waals surface area contributed by atoms with E-state index in [1.54, 1.807) is 0 Å². The van der Waals surface area contributed by atoms with E-state index in [-0.39, 0.29) is 11.9 Å². The van der Waals surface area contributed by atoms with Crippen LogP contribution in [0.3, 0.4) is 0 Å². The Morgan fingerprint density at radius 1 is 1.56 bits per heavy atom. The zero-order valence-corrected chi connectivity index (χ0v) is 10.1. The molecule has 1 rings (SSSR count). The summed E-state index contributed by atoms with van der Waals surface area (Å²) in [5.41, 5.74) is -0.805. The molecule has 102 valence electrons. The van der Waals surface area contributed by atoms with Crippen molar-refractivity contribution in [2.75, 3.05) is 13.1 Å². The highest BCUT2D eigenvalue weighted by Gasteiger charge is 2.33. The van der Waals surface area contributed by atoms with Gasteiger partial charge in [-0.25, -0.2) is 4.99 Å². The molecule has 0 radical (unpaired) electrons. The lowest BCUT2D eigenvalue weighted by Crippen LogP contribution is -2.45. The molecule has 0 unspecified atom stereocenters. The lowest BCUT2D eigenvalue weighted by molar-refractivity contribution is -0.119. The fourth-order valence-electron chi connectivity index (χ4n) is 1.82. The number of hydrogen-bond acceptors (Lipinski definition) is 3. The van der Waals surface area contributed by atoms with Crippen LogP contribution in [0, 0.1) is 0 Å². The van der Waals surface area contributed by atoms with Crippen LogP contribution in [0.4, 0.5) is 13.2 Å². The van der Waals surface area contributed by atoms with Gasteiger partial charge < -0.3 is 10.2 Å². The van der Waals surface area contributed by atoms with E-state index in [1.807, 2.05) is 0 Å². The molecule has 0 spiro atoms. The SMILES string of the molecule is C=N/C(N[C@@H]1CCCN(C=O)C1)=C(\C)C(F)(F)F. The molecule has 7 heteroatoms. The Balaban J connectivity index is 2.75. The maximum Gasteiger partial charge on any atom is 0.415 e. The number of rotatable bonds is 4. The van der Waals surface area contributed by atoms with Crippen molar-refractivity contribution in [3.8, 4) is 0 Å². The van der Waals surface area contributed by atoms with E-state index in [2.05, 4.69) is 17.0 Å². The van der Waals surface area contributed by atoms with Gasteiger partial charge in [0.25, 0.3) is 0 Å². The predicted molar refractivity (Wildman–Crippen MR) is 62.1 cm³/mol. The standard InChI is InChI=1S/C11H16F3N3O/c1-8(11(12,13)14)10(15-2)16-9-4-3-5-17(6-9)7-18/h7,9,16H,2-6H2,1H3/b10-8-/t9-/m1/s1. The Bertz CT molecular complexity index is 352. The van der Waals surface area contributed by atoms with Gasteiger partial charge in [-0.15, -0.1) is 0 Å². The second kappa shape index (κ2) is 5.88. The first-order valence-electron chi connectivity index (χ1n) is 5.59. The molecular formula is C11H16F3N3O. The third-order valence-corrected chi connectivity index (χ3v) is 2.88. The molecule has 1 amide bonds. The highest BCUT2D eigenvalue weighted by molar-refractivity contribution is 5.47. The minimum atomic E-state index is -4.43. The lowest BCUT2D eigenvalue weighted by Gasteiger charge is -2.31. The Hall–Kier alpha value is -1.53. The molecule has 1 heterocycles. The Morgan fingerprint density at radius 3 is 2.72 bits per heavy atom. The lowest BCUT2D eigenvalue weighted by atomic mass is 10.1. The number of likely N-dealkylation sites (tertiary alicyclic amines) is 1. The number of amides is 1. The second-order valence-electron chi connectivity index (χ2n) is 4.21. The van der Waals surface area contributed by atoms with E-state index in [0.29, 0.717) is 25.9 Å². The summed E-state index contributed by atoms with van der Waals surface area (Å²) in [6.45, 7) is 5.12. The van der Waals surface area contributed by atoms with Gasteiger partial charge in [-0.05, 0) is 26.5 Å². The van der Waals surface area contributed by atoms with E-state index in [1.165, 1.54) is 4.90 Å². The van der Waals surface area contributed by atoms with Gasteiger partial charge in [-0.3, -0.25) is 4.79 Å². The smallest absolute Gasteiger partial charge is 0.365 e. The van der Waals surface area contributed by atoms with Crippen LogP contribution in [0.15, 0.2) is 16.4 Å². The molecule has 1 aliphatic rings. The number of nitrogens with zero attached hydrogens (tertiary/aromatic N) is 2. The van der Waals surface area contributed by atoms with Gasteiger partial charge >= 0.3 is 6.18 Å². The average molecular weight is 263 g/mol. The molecule has 1 N–H and O–H groups in total. The number of allylic oxidation sites excluding steroid dienone is 1. The van der Waals surface area contributed by atoms with Crippen LogP contribution < -0.4 is 5.32 Å². The molecule has 0 bridgehead atoms. The number of piperidine rings is 1. The zero-order chi connectivity index (χ0) is 13.8. The van der Waals surface area contributed by atoms with E-state index in [4.69, 9.17) is 0 Å². The number of hydrogen-bond donors (Lipinski definition) is 1. The van der Waals surface area contributed by atoms with Crippen LogP contribution in [-0.4, -0.2) is 43.3 Å². The average Bonchev–Trinajstić information content (AvgIpc) is 2.34. The zero-order valence-electron chi connectivity index (χ0n) is 10.1. The van der Waals surface area contributed by atoms with E-state index in [9.17, 15) is 18.0 Å². The molecule has 4 nitrogen and oxygen atoms in total. The number of aliphatic imine (C=N–C) groups is 1. The summed E-state index contributed by atoms with van der Waals surface area (Å²) in [4.78, 5) is 15.5. The van der Waals surface area contributed by atoms with Gasteiger partial charge in [-0.1, -0.05) is 0 Å². The van der Waals surface area contributed by atoms with Gasteiger partial charge in [0, 0.05) is 19.1 Å². The van der Waals surface area contributed by atoms with Crippen LogP contribution in [0.2, 0.25) is 0 Å². The van der Waals surface area contributed by atoms with E-state index < -0.39 is 11.7 Å². The van der Waals surface area contributed by atoms with Crippen molar-refractivity contribution in [3.05, 3.63) is 11.4 Å². The highest BCUT2D eigenvalue weighted by Crippen LogP contribution is 2.27. The molecule has 0 aromatic heterocycles. The first-order valence-corrected chi connectivity index (χ1v) is 5.59. The Labute approximate surface area is 104 Å². The summed E-state index contributed by atoms with van der Waals surface area (Å²) >= 11 is 0. The topological polar surface area (TPSA) is 44.7 Å². The monoisotopic (exact) mass is 263 g/mol. The molecule has 0 aliphatic carbocycles. The van der Waals surface area contributed by atoms with Crippen LogP contribution in [0.1, 0.15) is 19.8 Å². The van der Waals surface area contributed by atoms with Crippen molar-refractivity contribution in [1.82, 2.24) is 10.2 Å². The van der Waals surface area contributed by atoms with E-state index >= 15 is 0 Å². The van der Waals surface area contributed by atoms with Gasteiger partial charge in [0.2, 0.25) is 6.41 Å². The quantitative estimate of drug-likeness (QED) is 0.619. The minimum Gasteiger partial charge on any atom is -0.365 e. The van der Waals surface area contributed by atoms with Crippen LogP contribution in [0.5, 0.6) is 0 Å². The summed E-state index contributed by atoms with van der Waals surface area (Å²) < 4.78 is 37.6. The molecule has 1 atom stereocenters. The van der Waals surface area contributed by atoms with E-state index in [0.717, 1.165) is 13.3 Å². The summed E-state index contributed by atoms with van der Waals surface area (Å²) in [6.07, 6.45) is -2.27. The Morgan fingerprint density at radius 2 is 2.22 bits per heavy atom. The first-order chi connectivity index (χ1) is 8.38. The molecule has 1 saturated heterocycles. The van der Waals surface area contributed by atoms with Gasteiger partial charge in [-0.2, -0.15) is 13.2 Å². The normalized spacial score (nSPS) is 22.2. The Kier molecular flexibility index (Phi) is 4.75. The summed E-state index contributed by atoms with van der Waals surface area (Å²) in [5, 5.41) is 2.71. The third-order valence-electron chi connectivity index (χ3n) is 2.88. The number of carbonyl (C=O) groups excluding carboxylic acids is 1. The molecule has 0 aromatic rings. The maximum atomic E-state index is 12.5. The van der Waals surface area contributed by atoms with Crippen molar-refractivity contribution >= 4 is 13.1 Å². The minimum absolute atomic E-state index is 0.221. The molecule has 1 aliphatic heterocycles. The maximum absolute atomic E-state index is 12.5. The molecule has 0 aromatic carbocycles. The molecule has 1 fully saturated rings.